The smallest absolute Gasteiger partial charge is 0.306 e. The maximum Gasteiger partial charge on any atom is 0.306 e. The van der Waals surface area contributed by atoms with Gasteiger partial charge in [0.1, 0.15) is 13.2 Å². The molecule has 0 aliphatic heterocycles. The van der Waals surface area contributed by atoms with Crippen LogP contribution in [-0.4, -0.2) is 37.2 Å². The van der Waals surface area contributed by atoms with Gasteiger partial charge in [0.25, 0.3) is 0 Å². The van der Waals surface area contributed by atoms with Crippen LogP contribution in [-0.2, 0) is 28.6 Å². The fraction of sp³-hybridized carbons (Fsp3) is 0.907. The van der Waals surface area contributed by atoms with E-state index in [1.165, 1.54) is 315 Å². The van der Waals surface area contributed by atoms with E-state index in [0.717, 1.165) is 64.2 Å². The van der Waals surface area contributed by atoms with E-state index in [0.29, 0.717) is 19.3 Å². The summed E-state index contributed by atoms with van der Waals surface area (Å²) in [6.07, 6.45) is 87.2. The summed E-state index contributed by atoms with van der Waals surface area (Å²) in [4.78, 5) is 38.0. The molecule has 6 heteroatoms. The van der Waals surface area contributed by atoms with E-state index in [-0.39, 0.29) is 31.1 Å². The molecule has 81 heavy (non-hydrogen) atoms. The summed E-state index contributed by atoms with van der Waals surface area (Å²) in [5.41, 5.74) is 0. The fourth-order valence-electron chi connectivity index (χ4n) is 11.4. The van der Waals surface area contributed by atoms with Gasteiger partial charge in [-0.3, -0.25) is 14.4 Å². The molecule has 0 N–H and O–H groups in total. The van der Waals surface area contributed by atoms with Crippen LogP contribution in [0, 0.1) is 0 Å². The predicted molar refractivity (Wildman–Crippen MR) is 353 cm³/mol. The van der Waals surface area contributed by atoms with Crippen molar-refractivity contribution in [1.82, 2.24) is 0 Å². The number of esters is 3. The van der Waals surface area contributed by atoms with Crippen molar-refractivity contribution in [3.63, 3.8) is 0 Å². The van der Waals surface area contributed by atoms with E-state index in [1.807, 2.05) is 0 Å². The predicted octanol–water partition coefficient (Wildman–Crippen LogP) is 25.3. The first kappa shape index (κ1) is 78.9. The van der Waals surface area contributed by atoms with E-state index in [4.69, 9.17) is 14.2 Å². The summed E-state index contributed by atoms with van der Waals surface area (Å²) < 4.78 is 16.8. The summed E-state index contributed by atoms with van der Waals surface area (Å²) in [5, 5.41) is 0. The van der Waals surface area contributed by atoms with Gasteiger partial charge in [-0.05, 0) is 70.6 Å². The molecule has 0 saturated heterocycles. The lowest BCUT2D eigenvalue weighted by Gasteiger charge is -2.18. The Bertz CT molecular complexity index is 1310. The highest BCUT2D eigenvalue weighted by molar-refractivity contribution is 5.71. The molecular formula is C75H142O6. The minimum Gasteiger partial charge on any atom is -0.462 e. The molecule has 0 saturated carbocycles. The van der Waals surface area contributed by atoms with Crippen molar-refractivity contribution in [2.75, 3.05) is 13.2 Å². The Morgan fingerprint density at radius 1 is 0.235 bits per heavy atom. The summed E-state index contributed by atoms with van der Waals surface area (Å²) in [6.45, 7) is 6.63. The molecular weight excluding hydrogens is 997 g/mol. The molecule has 478 valence electrons. The summed E-state index contributed by atoms with van der Waals surface area (Å²) in [6, 6.07) is 0. The minimum atomic E-state index is -0.765. The quantitative estimate of drug-likeness (QED) is 0.0261. The molecule has 0 aliphatic carbocycles. The van der Waals surface area contributed by atoms with E-state index < -0.39 is 6.10 Å². The zero-order valence-corrected chi connectivity index (χ0v) is 55.1. The summed E-state index contributed by atoms with van der Waals surface area (Å²) in [7, 11) is 0. The normalized spacial score (nSPS) is 12.1. The third-order valence-electron chi connectivity index (χ3n) is 16.9. The molecule has 6 nitrogen and oxygen atoms in total. The zero-order chi connectivity index (χ0) is 58.5. The first-order chi connectivity index (χ1) is 40.0. The van der Waals surface area contributed by atoms with Gasteiger partial charge in [-0.25, -0.2) is 0 Å². The summed E-state index contributed by atoms with van der Waals surface area (Å²) in [5.74, 6) is -0.853. The van der Waals surface area contributed by atoms with Gasteiger partial charge in [-0.1, -0.05) is 353 Å². The molecule has 0 aromatic rings. The number of ether oxygens (including phenoxy) is 3. The second kappa shape index (κ2) is 70.4. The van der Waals surface area contributed by atoms with Gasteiger partial charge in [-0.2, -0.15) is 0 Å². The third-order valence-corrected chi connectivity index (χ3v) is 16.9. The van der Waals surface area contributed by atoms with Crippen LogP contribution in [0.3, 0.4) is 0 Å². The van der Waals surface area contributed by atoms with Crippen LogP contribution < -0.4 is 0 Å². The summed E-state index contributed by atoms with van der Waals surface area (Å²) >= 11 is 0. The number of unbranched alkanes of at least 4 members (excludes halogenated alkanes) is 54. The largest absolute Gasteiger partial charge is 0.462 e. The number of carbonyl (C=O) groups excluding carboxylic acids is 3. The molecule has 0 amide bonds. The molecule has 1 unspecified atom stereocenters. The lowest BCUT2D eigenvalue weighted by atomic mass is 10.0. The molecule has 0 bridgehead atoms. The van der Waals surface area contributed by atoms with Gasteiger partial charge >= 0.3 is 17.9 Å². The molecule has 0 radical (unpaired) electrons. The minimum absolute atomic E-state index is 0.0661. The lowest BCUT2D eigenvalue weighted by Crippen LogP contribution is -2.30. The second-order valence-electron chi connectivity index (χ2n) is 25.2. The van der Waals surface area contributed by atoms with Gasteiger partial charge < -0.3 is 14.2 Å². The fourth-order valence-corrected chi connectivity index (χ4v) is 11.4. The number of rotatable bonds is 69. The van der Waals surface area contributed by atoms with Gasteiger partial charge in [0, 0.05) is 19.3 Å². The molecule has 0 heterocycles. The van der Waals surface area contributed by atoms with Gasteiger partial charge in [0.05, 0.1) is 0 Å². The Morgan fingerprint density at radius 3 is 0.617 bits per heavy atom. The van der Waals surface area contributed by atoms with E-state index in [1.54, 1.807) is 0 Å². The van der Waals surface area contributed by atoms with Crippen molar-refractivity contribution in [3.8, 4) is 0 Å². The number of carbonyl (C=O) groups is 3. The van der Waals surface area contributed by atoms with Crippen molar-refractivity contribution in [1.29, 1.82) is 0 Å². The van der Waals surface area contributed by atoms with Crippen LogP contribution in [0.15, 0.2) is 24.3 Å². The van der Waals surface area contributed by atoms with Crippen LogP contribution in [0.2, 0.25) is 0 Å². The van der Waals surface area contributed by atoms with Crippen LogP contribution in [0.4, 0.5) is 0 Å². The van der Waals surface area contributed by atoms with Crippen molar-refractivity contribution in [2.45, 2.75) is 425 Å². The first-order valence-electron chi connectivity index (χ1n) is 36.8. The molecule has 0 fully saturated rings. The van der Waals surface area contributed by atoms with E-state index in [9.17, 15) is 14.4 Å². The third kappa shape index (κ3) is 68.6. The number of hydrogen-bond acceptors (Lipinski definition) is 6. The Morgan fingerprint density at radius 2 is 0.407 bits per heavy atom. The molecule has 0 aromatic carbocycles. The Kier molecular flexibility index (Phi) is 68.5. The first-order valence-corrected chi connectivity index (χ1v) is 36.8. The molecule has 1 atom stereocenters. The standard InChI is InChI=1S/C75H142O6/c1-4-7-10-13-15-17-19-21-23-25-27-29-31-32-33-34-35-36-37-38-39-40-41-42-44-45-47-49-51-53-55-57-59-62-65-68-74(77)80-71-72(70-79-73(76)67-64-61-12-9-6-3)81-75(78)69-66-63-60-58-56-54-52-50-48-46-43-30-28-26-24-22-20-18-16-14-11-8-5-2/h25-28,72H,4-24,29-71H2,1-3H3/b27-25-,28-26-. The van der Waals surface area contributed by atoms with E-state index in [2.05, 4.69) is 45.1 Å². The Labute approximate surface area is 506 Å². The topological polar surface area (TPSA) is 78.9 Å². The lowest BCUT2D eigenvalue weighted by molar-refractivity contribution is -0.167. The van der Waals surface area contributed by atoms with Crippen LogP contribution in [0.25, 0.3) is 0 Å². The van der Waals surface area contributed by atoms with Gasteiger partial charge in [0.2, 0.25) is 0 Å². The van der Waals surface area contributed by atoms with Crippen LogP contribution in [0.5, 0.6) is 0 Å². The second-order valence-corrected chi connectivity index (χ2v) is 25.2. The Hall–Kier alpha value is -2.11. The average molecular weight is 1140 g/mol. The number of hydrogen-bond donors (Lipinski definition) is 0. The van der Waals surface area contributed by atoms with Crippen LogP contribution >= 0.6 is 0 Å². The van der Waals surface area contributed by atoms with Crippen LogP contribution in [0.1, 0.15) is 419 Å². The molecule has 0 aliphatic rings. The van der Waals surface area contributed by atoms with Crippen molar-refractivity contribution >= 4 is 17.9 Å². The SMILES string of the molecule is CCCCCCCCCC/C=C\CCCCCCCCCCCCCCCCCCCCCCCCCC(=O)OCC(COC(=O)CCCCCCC)OC(=O)CCCCCCCCCCCCC/C=C\CCCCCCCCCC. The molecule has 0 spiro atoms. The molecule has 0 aromatic heterocycles. The van der Waals surface area contributed by atoms with Gasteiger partial charge in [0.15, 0.2) is 6.10 Å². The zero-order valence-electron chi connectivity index (χ0n) is 55.1. The average Bonchev–Trinajstić information content (AvgIpc) is 3.47. The van der Waals surface area contributed by atoms with E-state index >= 15 is 0 Å². The monoisotopic (exact) mass is 1140 g/mol. The highest BCUT2D eigenvalue weighted by atomic mass is 16.6. The number of allylic oxidation sites excluding steroid dienone is 4. The van der Waals surface area contributed by atoms with Crippen molar-refractivity contribution < 1.29 is 28.6 Å². The highest BCUT2D eigenvalue weighted by Crippen LogP contribution is 2.19. The van der Waals surface area contributed by atoms with Gasteiger partial charge in [-0.15, -0.1) is 0 Å². The maximum atomic E-state index is 12.9. The maximum absolute atomic E-state index is 12.9. The highest BCUT2D eigenvalue weighted by Gasteiger charge is 2.19. The van der Waals surface area contributed by atoms with Crippen molar-refractivity contribution in [3.05, 3.63) is 24.3 Å². The molecule has 0 rings (SSSR count). The Balaban J connectivity index is 3.86. The van der Waals surface area contributed by atoms with Crippen molar-refractivity contribution in [2.24, 2.45) is 0 Å².